The van der Waals surface area contributed by atoms with Crippen molar-refractivity contribution in [2.24, 2.45) is 0 Å². The summed E-state index contributed by atoms with van der Waals surface area (Å²) in [4.78, 5) is 8.61. The normalized spacial score (nSPS) is 10.9. The smallest absolute Gasteiger partial charge is 0.200 e. The maximum absolute atomic E-state index is 4.38. The van der Waals surface area contributed by atoms with Gasteiger partial charge in [0.15, 0.2) is 0 Å². The number of hydrogen-bond donors (Lipinski definition) is 1. The SMILES string of the molecule is CC(C)c1nc(-c2ncccc2Br)n[nH]1. The van der Waals surface area contributed by atoms with Crippen molar-refractivity contribution >= 4 is 15.9 Å². The van der Waals surface area contributed by atoms with Gasteiger partial charge in [0.1, 0.15) is 11.5 Å². The fourth-order valence-electron chi connectivity index (χ4n) is 1.19. The molecule has 0 spiro atoms. The Morgan fingerprint density at radius 3 is 2.80 bits per heavy atom. The van der Waals surface area contributed by atoms with Gasteiger partial charge in [-0.25, -0.2) is 4.98 Å². The van der Waals surface area contributed by atoms with E-state index < -0.39 is 0 Å². The molecule has 2 aromatic rings. The molecule has 0 atom stereocenters. The van der Waals surface area contributed by atoms with Crippen LogP contribution in [0.2, 0.25) is 0 Å². The second-order valence-electron chi connectivity index (χ2n) is 3.53. The number of hydrogen-bond acceptors (Lipinski definition) is 3. The lowest BCUT2D eigenvalue weighted by Crippen LogP contribution is -1.90. The second kappa shape index (κ2) is 4.10. The van der Waals surface area contributed by atoms with Gasteiger partial charge in [-0.15, -0.1) is 0 Å². The third kappa shape index (κ3) is 2.07. The largest absolute Gasteiger partial charge is 0.262 e. The Hall–Kier alpha value is -1.23. The Morgan fingerprint density at radius 2 is 2.20 bits per heavy atom. The Bertz CT molecular complexity index is 464. The highest BCUT2D eigenvalue weighted by molar-refractivity contribution is 9.10. The lowest BCUT2D eigenvalue weighted by atomic mass is 10.2. The summed E-state index contributed by atoms with van der Waals surface area (Å²) in [6.45, 7) is 4.13. The minimum atomic E-state index is 0.341. The first kappa shape index (κ1) is 10.3. The molecular weight excluding hydrogens is 256 g/mol. The number of aromatic amines is 1. The van der Waals surface area contributed by atoms with Crippen molar-refractivity contribution in [1.82, 2.24) is 20.2 Å². The fraction of sp³-hybridized carbons (Fsp3) is 0.300. The number of rotatable bonds is 2. The van der Waals surface area contributed by atoms with Crippen molar-refractivity contribution in [3.63, 3.8) is 0 Å². The molecule has 15 heavy (non-hydrogen) atoms. The van der Waals surface area contributed by atoms with E-state index in [2.05, 4.69) is 49.9 Å². The second-order valence-corrected chi connectivity index (χ2v) is 4.39. The first-order valence-corrected chi connectivity index (χ1v) is 5.51. The topological polar surface area (TPSA) is 54.5 Å². The third-order valence-electron chi connectivity index (χ3n) is 2.02. The van der Waals surface area contributed by atoms with Crippen molar-refractivity contribution in [2.75, 3.05) is 0 Å². The van der Waals surface area contributed by atoms with E-state index in [1.165, 1.54) is 0 Å². The van der Waals surface area contributed by atoms with Crippen LogP contribution >= 0.6 is 15.9 Å². The number of H-pyrrole nitrogens is 1. The van der Waals surface area contributed by atoms with E-state index in [9.17, 15) is 0 Å². The molecule has 0 aliphatic rings. The number of halogens is 1. The van der Waals surface area contributed by atoms with Gasteiger partial charge in [-0.3, -0.25) is 10.1 Å². The average molecular weight is 267 g/mol. The molecule has 4 nitrogen and oxygen atoms in total. The Labute approximate surface area is 96.3 Å². The molecule has 5 heteroatoms. The highest BCUT2D eigenvalue weighted by Gasteiger charge is 2.11. The summed E-state index contributed by atoms with van der Waals surface area (Å²) in [5.41, 5.74) is 0.764. The molecule has 0 saturated carbocycles. The van der Waals surface area contributed by atoms with Crippen LogP contribution in [-0.4, -0.2) is 20.2 Å². The Kier molecular flexibility index (Phi) is 2.81. The standard InChI is InChI=1S/C10H11BrN4/c1-6(2)9-13-10(15-14-9)8-7(11)4-3-5-12-8/h3-6H,1-2H3,(H,13,14,15). The molecule has 0 amide bonds. The van der Waals surface area contributed by atoms with Gasteiger partial charge in [0, 0.05) is 16.6 Å². The molecule has 0 aromatic carbocycles. The van der Waals surface area contributed by atoms with Gasteiger partial charge >= 0.3 is 0 Å². The summed E-state index contributed by atoms with van der Waals surface area (Å²) in [6.07, 6.45) is 1.73. The van der Waals surface area contributed by atoms with Crippen molar-refractivity contribution in [3.8, 4) is 11.5 Å². The van der Waals surface area contributed by atoms with Gasteiger partial charge in [0.2, 0.25) is 5.82 Å². The monoisotopic (exact) mass is 266 g/mol. The zero-order valence-corrected chi connectivity index (χ0v) is 10.1. The van der Waals surface area contributed by atoms with Gasteiger partial charge in [0.05, 0.1) is 0 Å². The molecule has 0 radical (unpaired) electrons. The maximum Gasteiger partial charge on any atom is 0.200 e. The molecule has 2 heterocycles. The van der Waals surface area contributed by atoms with E-state index in [1.54, 1.807) is 6.20 Å². The Balaban J connectivity index is 2.42. The lowest BCUT2D eigenvalue weighted by molar-refractivity contribution is 0.781. The molecule has 0 aliphatic heterocycles. The van der Waals surface area contributed by atoms with Crippen LogP contribution < -0.4 is 0 Å². The first-order chi connectivity index (χ1) is 7.18. The van der Waals surface area contributed by atoms with Crippen LogP contribution in [0.15, 0.2) is 22.8 Å². The van der Waals surface area contributed by atoms with Crippen LogP contribution in [0.1, 0.15) is 25.6 Å². The molecule has 0 bridgehead atoms. The van der Waals surface area contributed by atoms with Gasteiger partial charge in [-0.2, -0.15) is 5.10 Å². The quantitative estimate of drug-likeness (QED) is 0.910. The van der Waals surface area contributed by atoms with Crippen molar-refractivity contribution in [1.29, 1.82) is 0 Å². The number of aromatic nitrogens is 4. The highest BCUT2D eigenvalue weighted by Crippen LogP contribution is 2.23. The lowest BCUT2D eigenvalue weighted by Gasteiger charge is -1.97. The van der Waals surface area contributed by atoms with Crippen molar-refractivity contribution in [2.45, 2.75) is 19.8 Å². The van der Waals surface area contributed by atoms with Gasteiger partial charge in [0.25, 0.3) is 0 Å². The summed E-state index contributed by atoms with van der Waals surface area (Å²) in [7, 11) is 0. The molecule has 0 unspecified atom stereocenters. The highest BCUT2D eigenvalue weighted by atomic mass is 79.9. The van der Waals surface area contributed by atoms with Gasteiger partial charge in [-0.05, 0) is 28.1 Å². The predicted octanol–water partition coefficient (Wildman–Crippen LogP) is 2.75. The molecule has 2 aromatic heterocycles. The first-order valence-electron chi connectivity index (χ1n) is 4.71. The predicted molar refractivity (Wildman–Crippen MR) is 61.4 cm³/mol. The summed E-state index contributed by atoms with van der Waals surface area (Å²) >= 11 is 3.42. The Morgan fingerprint density at radius 1 is 1.40 bits per heavy atom. The van der Waals surface area contributed by atoms with Crippen LogP contribution in [0.5, 0.6) is 0 Å². The van der Waals surface area contributed by atoms with E-state index in [1.807, 2.05) is 12.1 Å². The van der Waals surface area contributed by atoms with Crippen molar-refractivity contribution < 1.29 is 0 Å². The van der Waals surface area contributed by atoms with Crippen LogP contribution in [0, 0.1) is 0 Å². The zero-order chi connectivity index (χ0) is 10.8. The number of nitrogens with one attached hydrogen (secondary N) is 1. The summed E-state index contributed by atoms with van der Waals surface area (Å²) in [6, 6.07) is 3.79. The summed E-state index contributed by atoms with van der Waals surface area (Å²) in [5.74, 6) is 1.85. The minimum Gasteiger partial charge on any atom is -0.262 e. The molecule has 0 aliphatic carbocycles. The molecule has 0 saturated heterocycles. The molecule has 2 rings (SSSR count). The van der Waals surface area contributed by atoms with Crippen LogP contribution in [0.3, 0.4) is 0 Å². The molecule has 78 valence electrons. The van der Waals surface area contributed by atoms with Crippen molar-refractivity contribution in [3.05, 3.63) is 28.6 Å². The third-order valence-corrected chi connectivity index (χ3v) is 2.66. The van der Waals surface area contributed by atoms with E-state index in [0.717, 1.165) is 16.0 Å². The molecular formula is C10H11BrN4. The number of pyridine rings is 1. The molecule has 0 fully saturated rings. The van der Waals surface area contributed by atoms with Gasteiger partial charge in [-0.1, -0.05) is 13.8 Å². The summed E-state index contributed by atoms with van der Waals surface area (Å²) < 4.78 is 0.902. The minimum absolute atomic E-state index is 0.341. The van der Waals surface area contributed by atoms with E-state index >= 15 is 0 Å². The van der Waals surface area contributed by atoms with Crippen LogP contribution in [0.25, 0.3) is 11.5 Å². The van der Waals surface area contributed by atoms with E-state index in [0.29, 0.717) is 11.7 Å². The van der Waals surface area contributed by atoms with E-state index in [-0.39, 0.29) is 0 Å². The summed E-state index contributed by atoms with van der Waals surface area (Å²) in [5, 5.41) is 7.05. The fourth-order valence-corrected chi connectivity index (χ4v) is 1.62. The molecule has 1 N–H and O–H groups in total. The maximum atomic E-state index is 4.38. The zero-order valence-electron chi connectivity index (χ0n) is 8.53. The van der Waals surface area contributed by atoms with Gasteiger partial charge < -0.3 is 0 Å². The van der Waals surface area contributed by atoms with Crippen LogP contribution in [-0.2, 0) is 0 Å². The van der Waals surface area contributed by atoms with E-state index in [4.69, 9.17) is 0 Å². The van der Waals surface area contributed by atoms with Crippen LogP contribution in [0.4, 0.5) is 0 Å². The average Bonchev–Trinajstić information content (AvgIpc) is 2.67. The number of nitrogens with zero attached hydrogens (tertiary/aromatic N) is 3.